The Morgan fingerprint density at radius 1 is 0.667 bits per heavy atom. The molecule has 1 atom stereocenters. The van der Waals surface area contributed by atoms with Crippen molar-refractivity contribution < 1.29 is 0 Å². The third kappa shape index (κ3) is 16.2. The molecule has 0 saturated heterocycles. The van der Waals surface area contributed by atoms with Gasteiger partial charge in [-0.2, -0.15) is 0 Å². The molecule has 0 nitrogen and oxygen atoms in total. The predicted octanol–water partition coefficient (Wildman–Crippen LogP) is 6.90. The topological polar surface area (TPSA) is 0 Å². The summed E-state index contributed by atoms with van der Waals surface area (Å²) < 4.78 is 0. The summed E-state index contributed by atoms with van der Waals surface area (Å²) >= 11 is 0. The van der Waals surface area contributed by atoms with E-state index in [0.717, 1.165) is 8.58 Å². The van der Waals surface area contributed by atoms with Gasteiger partial charge in [-0.05, 0) is 19.0 Å². The SMILES string of the molecule is CCCC/C=C/PCCCCCCCCCCC. The van der Waals surface area contributed by atoms with Gasteiger partial charge in [0.15, 0.2) is 0 Å². The van der Waals surface area contributed by atoms with Crippen LogP contribution in [-0.2, 0) is 0 Å². The molecule has 108 valence electrons. The average molecular weight is 270 g/mol. The molecule has 1 unspecified atom stereocenters. The second-order valence-corrected chi connectivity index (χ2v) is 6.57. The number of hydrogen-bond donors (Lipinski definition) is 0. The zero-order valence-corrected chi connectivity index (χ0v) is 13.8. The standard InChI is InChI=1S/C17H35P/c1-3-5-7-9-10-11-12-13-15-17-18-16-14-8-6-4-2/h14,16,18H,3-13,15,17H2,1-2H3/b16-14+. The second-order valence-electron chi connectivity index (χ2n) is 5.33. The maximum atomic E-state index is 2.42. The molecule has 0 spiro atoms. The van der Waals surface area contributed by atoms with Gasteiger partial charge in [-0.25, -0.2) is 0 Å². The van der Waals surface area contributed by atoms with Gasteiger partial charge < -0.3 is 0 Å². The van der Waals surface area contributed by atoms with Crippen LogP contribution in [0.3, 0.4) is 0 Å². The van der Waals surface area contributed by atoms with Crippen LogP contribution in [0.2, 0.25) is 0 Å². The van der Waals surface area contributed by atoms with Crippen LogP contribution in [0, 0.1) is 0 Å². The molecule has 0 heterocycles. The van der Waals surface area contributed by atoms with Gasteiger partial charge in [0.05, 0.1) is 0 Å². The molecule has 0 fully saturated rings. The summed E-state index contributed by atoms with van der Waals surface area (Å²) in [7, 11) is 1.08. The van der Waals surface area contributed by atoms with Crippen molar-refractivity contribution in [3.63, 3.8) is 0 Å². The van der Waals surface area contributed by atoms with E-state index in [9.17, 15) is 0 Å². The van der Waals surface area contributed by atoms with Crippen molar-refractivity contribution in [3.05, 3.63) is 11.9 Å². The lowest BCUT2D eigenvalue weighted by molar-refractivity contribution is 0.573. The first-order chi connectivity index (χ1) is 8.91. The minimum Gasteiger partial charge on any atom is -0.0987 e. The Morgan fingerprint density at radius 2 is 1.22 bits per heavy atom. The van der Waals surface area contributed by atoms with Gasteiger partial charge in [-0.1, -0.05) is 98.5 Å². The minimum atomic E-state index is 1.08. The van der Waals surface area contributed by atoms with E-state index in [1.165, 1.54) is 83.2 Å². The first-order valence-electron chi connectivity index (χ1n) is 8.30. The van der Waals surface area contributed by atoms with Crippen LogP contribution in [-0.4, -0.2) is 6.16 Å². The molecule has 0 N–H and O–H groups in total. The highest BCUT2D eigenvalue weighted by Crippen LogP contribution is 2.17. The summed E-state index contributed by atoms with van der Waals surface area (Å²) in [5, 5.41) is 0. The third-order valence-electron chi connectivity index (χ3n) is 3.38. The normalized spacial score (nSPS) is 12.1. The van der Waals surface area contributed by atoms with Gasteiger partial charge in [0.25, 0.3) is 0 Å². The molecular formula is C17H35P. The van der Waals surface area contributed by atoms with Crippen LogP contribution >= 0.6 is 8.58 Å². The van der Waals surface area contributed by atoms with E-state index in [0.29, 0.717) is 0 Å². The predicted molar refractivity (Wildman–Crippen MR) is 89.1 cm³/mol. The summed E-state index contributed by atoms with van der Waals surface area (Å²) in [4.78, 5) is 0. The maximum absolute atomic E-state index is 2.42. The Balaban J connectivity index is 2.96. The van der Waals surface area contributed by atoms with Gasteiger partial charge in [-0.3, -0.25) is 0 Å². The van der Waals surface area contributed by atoms with Crippen molar-refractivity contribution in [3.8, 4) is 0 Å². The molecule has 0 saturated carbocycles. The molecule has 0 aliphatic heterocycles. The molecule has 18 heavy (non-hydrogen) atoms. The van der Waals surface area contributed by atoms with Crippen LogP contribution in [0.5, 0.6) is 0 Å². The second kappa shape index (κ2) is 17.2. The summed E-state index contributed by atoms with van der Waals surface area (Å²) in [6.45, 7) is 4.55. The molecule has 0 rings (SSSR count). The first-order valence-corrected chi connectivity index (χ1v) is 9.58. The molecule has 0 aliphatic carbocycles. The zero-order chi connectivity index (χ0) is 13.3. The third-order valence-corrected chi connectivity index (χ3v) is 4.50. The number of unbranched alkanes of at least 4 members (excludes halogenated alkanes) is 10. The molecule has 0 aromatic carbocycles. The fourth-order valence-corrected chi connectivity index (χ4v) is 3.06. The maximum Gasteiger partial charge on any atom is -0.0319 e. The summed E-state index contributed by atoms with van der Waals surface area (Å²) in [6, 6.07) is 0. The quantitative estimate of drug-likeness (QED) is 0.238. The van der Waals surface area contributed by atoms with Gasteiger partial charge in [0, 0.05) is 0 Å². The van der Waals surface area contributed by atoms with Crippen molar-refractivity contribution in [2.75, 3.05) is 6.16 Å². The van der Waals surface area contributed by atoms with Crippen LogP contribution in [0.4, 0.5) is 0 Å². The van der Waals surface area contributed by atoms with Crippen molar-refractivity contribution in [1.82, 2.24) is 0 Å². The van der Waals surface area contributed by atoms with Crippen molar-refractivity contribution >= 4 is 8.58 Å². The van der Waals surface area contributed by atoms with E-state index < -0.39 is 0 Å². The highest BCUT2D eigenvalue weighted by atomic mass is 31.1. The molecule has 0 aromatic rings. The van der Waals surface area contributed by atoms with E-state index in [2.05, 4.69) is 25.7 Å². The van der Waals surface area contributed by atoms with E-state index in [1.807, 2.05) is 0 Å². The number of hydrogen-bond acceptors (Lipinski definition) is 0. The molecule has 0 radical (unpaired) electrons. The van der Waals surface area contributed by atoms with E-state index in [4.69, 9.17) is 0 Å². The molecule has 0 aromatic heterocycles. The highest BCUT2D eigenvalue weighted by Gasteiger charge is 1.91. The first kappa shape index (κ1) is 18.2. The van der Waals surface area contributed by atoms with Crippen molar-refractivity contribution in [1.29, 1.82) is 0 Å². The van der Waals surface area contributed by atoms with Crippen LogP contribution in [0.25, 0.3) is 0 Å². The monoisotopic (exact) mass is 270 g/mol. The van der Waals surface area contributed by atoms with Gasteiger partial charge in [0.1, 0.15) is 0 Å². The van der Waals surface area contributed by atoms with Crippen molar-refractivity contribution in [2.24, 2.45) is 0 Å². The molecule has 1 heteroatoms. The highest BCUT2D eigenvalue weighted by molar-refractivity contribution is 7.41. The number of allylic oxidation sites excluding steroid dienone is 1. The lowest BCUT2D eigenvalue weighted by Crippen LogP contribution is -1.82. The lowest BCUT2D eigenvalue weighted by Gasteiger charge is -2.01. The Hall–Kier alpha value is 0.170. The summed E-state index contributed by atoms with van der Waals surface area (Å²) in [5.41, 5.74) is 0. The Morgan fingerprint density at radius 3 is 1.83 bits per heavy atom. The van der Waals surface area contributed by atoms with Crippen LogP contribution < -0.4 is 0 Å². The molecule has 0 amide bonds. The summed E-state index contributed by atoms with van der Waals surface area (Å²) in [6.07, 6.45) is 20.8. The summed E-state index contributed by atoms with van der Waals surface area (Å²) in [5.74, 6) is 2.42. The van der Waals surface area contributed by atoms with Crippen LogP contribution in [0.15, 0.2) is 11.9 Å². The fourth-order valence-electron chi connectivity index (χ4n) is 2.11. The smallest absolute Gasteiger partial charge is 0.0319 e. The van der Waals surface area contributed by atoms with E-state index in [1.54, 1.807) is 0 Å². The van der Waals surface area contributed by atoms with E-state index >= 15 is 0 Å². The van der Waals surface area contributed by atoms with Crippen molar-refractivity contribution in [2.45, 2.75) is 90.9 Å². The van der Waals surface area contributed by atoms with Gasteiger partial charge in [0.2, 0.25) is 0 Å². The minimum absolute atomic E-state index is 1.08. The fraction of sp³-hybridized carbons (Fsp3) is 0.882. The van der Waals surface area contributed by atoms with Gasteiger partial charge in [-0.15, -0.1) is 0 Å². The van der Waals surface area contributed by atoms with Crippen LogP contribution in [0.1, 0.15) is 90.9 Å². The Kier molecular flexibility index (Phi) is 17.3. The molecule has 0 aliphatic rings. The zero-order valence-electron chi connectivity index (χ0n) is 12.8. The largest absolute Gasteiger partial charge is 0.0987 e. The Labute approximate surface area is 118 Å². The van der Waals surface area contributed by atoms with Gasteiger partial charge >= 0.3 is 0 Å². The molecular weight excluding hydrogens is 235 g/mol. The number of rotatable bonds is 14. The Bertz CT molecular complexity index is 163. The molecule has 0 bridgehead atoms. The average Bonchev–Trinajstić information content (AvgIpc) is 2.39. The lowest BCUT2D eigenvalue weighted by atomic mass is 10.1. The van der Waals surface area contributed by atoms with E-state index in [-0.39, 0.29) is 0 Å².